The first kappa shape index (κ1) is 16.7. The topological polar surface area (TPSA) is 66.6 Å². The molecule has 2 atom stereocenters. The summed E-state index contributed by atoms with van der Waals surface area (Å²) in [6, 6.07) is 7.72. The number of rotatable bonds is 5. The Labute approximate surface area is 142 Å². The molecule has 24 heavy (non-hydrogen) atoms. The number of carboxylic acids is 1. The van der Waals surface area contributed by atoms with Gasteiger partial charge in [-0.1, -0.05) is 56.3 Å². The van der Waals surface area contributed by atoms with E-state index in [9.17, 15) is 9.90 Å². The first-order valence-electron chi connectivity index (χ1n) is 8.45. The third kappa shape index (κ3) is 2.43. The predicted octanol–water partition coefficient (Wildman–Crippen LogP) is 1.01. The molecule has 0 amide bonds. The van der Waals surface area contributed by atoms with Crippen molar-refractivity contribution in [1.29, 1.82) is 0 Å². The molecule has 0 aliphatic heterocycles. The van der Waals surface area contributed by atoms with Crippen molar-refractivity contribution in [1.82, 2.24) is 4.90 Å². The Morgan fingerprint density at radius 1 is 1.25 bits per heavy atom. The van der Waals surface area contributed by atoms with Crippen LogP contribution in [-0.2, 0) is 4.79 Å². The lowest BCUT2D eigenvalue weighted by molar-refractivity contribution is -0.130. The lowest BCUT2D eigenvalue weighted by Crippen LogP contribution is -2.55. The molecule has 0 radical (unpaired) electrons. The highest BCUT2D eigenvalue weighted by Gasteiger charge is 2.36. The van der Waals surface area contributed by atoms with Crippen molar-refractivity contribution in [3.8, 4) is 0 Å². The lowest BCUT2D eigenvalue weighted by Gasteiger charge is -2.39. The van der Waals surface area contributed by atoms with Gasteiger partial charge in [0.05, 0.1) is 11.1 Å². The maximum Gasteiger partial charge on any atom is 0.336 e. The first-order valence-corrected chi connectivity index (χ1v) is 8.45. The Balaban J connectivity index is 2.18. The summed E-state index contributed by atoms with van der Waals surface area (Å²) in [6.45, 7) is 8.13. The molecule has 0 saturated carbocycles. The summed E-state index contributed by atoms with van der Waals surface area (Å²) in [6.07, 6.45) is 5.94. The van der Waals surface area contributed by atoms with Gasteiger partial charge in [-0.15, -0.1) is 0 Å². The van der Waals surface area contributed by atoms with E-state index >= 15 is 0 Å². The molecule has 2 unspecified atom stereocenters. The Hall–Kier alpha value is -2.17. The van der Waals surface area contributed by atoms with Crippen molar-refractivity contribution in [2.24, 2.45) is 5.73 Å². The monoisotopic (exact) mass is 324 g/mol. The molecule has 0 fully saturated rings. The number of nitrogens with two attached hydrogens (primary N) is 1. The molecule has 0 heterocycles. The highest BCUT2D eigenvalue weighted by Crippen LogP contribution is 2.33. The van der Waals surface area contributed by atoms with Crippen LogP contribution in [0.3, 0.4) is 0 Å². The molecule has 0 bridgehead atoms. The highest BCUT2D eigenvalue weighted by molar-refractivity contribution is 6.22. The van der Waals surface area contributed by atoms with Crippen LogP contribution in [0.1, 0.15) is 20.8 Å². The first-order chi connectivity index (χ1) is 11.4. The Bertz CT molecular complexity index is 862. The lowest BCUT2D eigenvalue weighted by atomic mass is 9.81. The molecular weight excluding hydrogens is 300 g/mol. The van der Waals surface area contributed by atoms with Crippen LogP contribution in [-0.4, -0.2) is 40.6 Å². The number of allylic oxidation sites excluding steroid dienone is 1. The van der Waals surface area contributed by atoms with E-state index in [0.29, 0.717) is 5.57 Å². The molecule has 2 aliphatic rings. The quantitative estimate of drug-likeness (QED) is 0.848. The van der Waals surface area contributed by atoms with Crippen molar-refractivity contribution < 1.29 is 9.90 Å². The maximum absolute atomic E-state index is 11.9. The number of likely N-dealkylation sites (N-methyl/N-ethyl adjacent to an activating group) is 1. The summed E-state index contributed by atoms with van der Waals surface area (Å²) in [7, 11) is 0. The standard InChI is InChI=1S/C20H24N2O2/c1-4-22(5-2)13(3)20(21)11-10-15-14-8-6-7-9-16(14)18(19(23)24)17(15)12-20/h6-13H,4-5,21H2,1-3H3,(H,23,24). The van der Waals surface area contributed by atoms with Crippen LogP contribution >= 0.6 is 0 Å². The van der Waals surface area contributed by atoms with Gasteiger partial charge in [0.1, 0.15) is 0 Å². The predicted molar refractivity (Wildman–Crippen MR) is 96.7 cm³/mol. The smallest absolute Gasteiger partial charge is 0.336 e. The van der Waals surface area contributed by atoms with Gasteiger partial charge in [-0.3, -0.25) is 4.90 Å². The van der Waals surface area contributed by atoms with Gasteiger partial charge in [-0.2, -0.15) is 0 Å². The van der Waals surface area contributed by atoms with Crippen LogP contribution in [0.4, 0.5) is 0 Å². The van der Waals surface area contributed by atoms with Gasteiger partial charge in [-0.05, 0) is 41.6 Å². The average Bonchev–Trinajstić information content (AvgIpc) is 2.89. The van der Waals surface area contributed by atoms with Crippen molar-refractivity contribution >= 4 is 17.1 Å². The third-order valence-electron chi connectivity index (χ3n) is 5.28. The Morgan fingerprint density at radius 3 is 2.46 bits per heavy atom. The molecule has 3 N–H and O–H groups in total. The van der Waals surface area contributed by atoms with E-state index < -0.39 is 11.5 Å². The second kappa shape index (κ2) is 6.04. The average molecular weight is 324 g/mol. The number of nitrogens with zero attached hydrogens (tertiary/aromatic N) is 1. The maximum atomic E-state index is 11.9. The second-order valence-electron chi connectivity index (χ2n) is 6.43. The number of carbonyl (C=O) groups is 1. The number of hydrogen-bond donors (Lipinski definition) is 2. The van der Waals surface area contributed by atoms with E-state index in [4.69, 9.17) is 5.73 Å². The number of aliphatic carboxylic acids is 1. The van der Waals surface area contributed by atoms with E-state index in [-0.39, 0.29) is 6.04 Å². The van der Waals surface area contributed by atoms with Gasteiger partial charge in [0.15, 0.2) is 0 Å². The van der Waals surface area contributed by atoms with Gasteiger partial charge in [0, 0.05) is 6.04 Å². The fourth-order valence-electron chi connectivity index (χ4n) is 3.79. The largest absolute Gasteiger partial charge is 0.478 e. The molecule has 1 aromatic rings. The summed E-state index contributed by atoms with van der Waals surface area (Å²) in [5.41, 5.74) is 8.05. The van der Waals surface area contributed by atoms with Crippen LogP contribution in [0, 0.1) is 0 Å². The van der Waals surface area contributed by atoms with E-state index in [0.717, 1.165) is 34.7 Å². The van der Waals surface area contributed by atoms with Crippen molar-refractivity contribution in [3.05, 3.63) is 58.5 Å². The number of fused-ring (bicyclic) bond motifs is 2. The summed E-state index contributed by atoms with van der Waals surface area (Å²) >= 11 is 0. The van der Waals surface area contributed by atoms with Crippen molar-refractivity contribution in [2.45, 2.75) is 32.4 Å². The van der Waals surface area contributed by atoms with Crippen molar-refractivity contribution in [3.63, 3.8) is 0 Å². The van der Waals surface area contributed by atoms with Crippen LogP contribution in [0.5, 0.6) is 0 Å². The molecule has 0 spiro atoms. The Morgan fingerprint density at radius 2 is 1.88 bits per heavy atom. The van der Waals surface area contributed by atoms with Crippen LogP contribution in [0.25, 0.3) is 11.1 Å². The van der Waals surface area contributed by atoms with Gasteiger partial charge in [0.25, 0.3) is 0 Å². The number of carboxylic acid groups (broad SMARTS) is 1. The molecule has 0 saturated heterocycles. The van der Waals surface area contributed by atoms with E-state index in [1.807, 2.05) is 42.5 Å². The minimum absolute atomic E-state index is 0.0801. The molecule has 0 aromatic heterocycles. The molecule has 1 aromatic carbocycles. The fraction of sp³-hybridized carbons (Fsp3) is 0.350. The summed E-state index contributed by atoms with van der Waals surface area (Å²) in [4.78, 5) is 14.2. The normalized spacial score (nSPS) is 23.1. The molecule has 126 valence electrons. The zero-order chi connectivity index (χ0) is 17.5. The molecular formula is C20H24N2O2. The van der Waals surface area contributed by atoms with E-state index in [1.165, 1.54) is 0 Å². The summed E-state index contributed by atoms with van der Waals surface area (Å²) in [5.74, 6) is -0.906. The zero-order valence-corrected chi connectivity index (χ0v) is 14.4. The fourth-order valence-corrected chi connectivity index (χ4v) is 3.79. The minimum Gasteiger partial charge on any atom is -0.478 e. The van der Waals surface area contributed by atoms with Gasteiger partial charge < -0.3 is 10.8 Å². The third-order valence-corrected chi connectivity index (χ3v) is 5.28. The highest BCUT2D eigenvalue weighted by atomic mass is 16.4. The molecule has 4 heteroatoms. The van der Waals surface area contributed by atoms with E-state index in [1.54, 1.807) is 0 Å². The van der Waals surface area contributed by atoms with E-state index in [2.05, 4.69) is 25.7 Å². The van der Waals surface area contributed by atoms with Gasteiger partial charge in [-0.25, -0.2) is 4.79 Å². The summed E-state index contributed by atoms with van der Waals surface area (Å²) < 4.78 is 0. The number of hydrogen-bond acceptors (Lipinski definition) is 3. The van der Waals surface area contributed by atoms with Gasteiger partial charge >= 0.3 is 5.97 Å². The second-order valence-corrected chi connectivity index (χ2v) is 6.43. The van der Waals surface area contributed by atoms with Gasteiger partial charge in [0.2, 0.25) is 0 Å². The molecule has 3 rings (SSSR count). The van der Waals surface area contributed by atoms with Crippen molar-refractivity contribution in [2.75, 3.05) is 13.1 Å². The Kier molecular flexibility index (Phi) is 4.20. The van der Waals surface area contributed by atoms with Crippen LogP contribution < -0.4 is 16.2 Å². The summed E-state index contributed by atoms with van der Waals surface area (Å²) in [5, 5.41) is 11.5. The van der Waals surface area contributed by atoms with Crippen LogP contribution in [0.2, 0.25) is 0 Å². The SMILES string of the molecule is CCN(CC)C(C)C1(N)C=CC2=c3ccccc3=C(C(=O)O)C2=C1. The molecule has 2 aliphatic carbocycles. The van der Waals surface area contributed by atoms with Crippen LogP contribution in [0.15, 0.2) is 48.1 Å². The molecule has 4 nitrogen and oxygen atoms in total. The zero-order valence-electron chi connectivity index (χ0n) is 14.4. The minimum atomic E-state index is -0.906. The number of benzene rings is 1.